The van der Waals surface area contributed by atoms with Gasteiger partial charge in [-0.15, -0.1) is 0 Å². The van der Waals surface area contributed by atoms with Crippen molar-refractivity contribution in [3.63, 3.8) is 0 Å². The van der Waals surface area contributed by atoms with Crippen molar-refractivity contribution in [1.29, 1.82) is 0 Å². The molecule has 0 fully saturated rings. The molecular formula is C17H20FN3O4. The first-order chi connectivity index (χ1) is 11.8. The molecule has 0 bridgehead atoms. The Morgan fingerprint density at radius 3 is 2.64 bits per heavy atom. The van der Waals surface area contributed by atoms with E-state index >= 15 is 0 Å². The highest BCUT2D eigenvalue weighted by molar-refractivity contribution is 5.98. The molecule has 2 N–H and O–H groups in total. The fourth-order valence-corrected chi connectivity index (χ4v) is 2.00. The first kappa shape index (κ1) is 18.4. The number of nitrogens with zero attached hydrogens (tertiary/aromatic N) is 1. The second-order valence-corrected chi connectivity index (χ2v) is 6.27. The van der Waals surface area contributed by atoms with Crippen LogP contribution < -0.4 is 10.6 Å². The summed E-state index contributed by atoms with van der Waals surface area (Å²) in [7, 11) is 0. The van der Waals surface area contributed by atoms with Gasteiger partial charge in [-0.3, -0.25) is 4.79 Å². The van der Waals surface area contributed by atoms with Crippen LogP contribution in [0.15, 0.2) is 35.1 Å². The highest BCUT2D eigenvalue weighted by Crippen LogP contribution is 2.23. The van der Waals surface area contributed by atoms with Crippen LogP contribution >= 0.6 is 0 Å². The second-order valence-electron chi connectivity index (χ2n) is 6.27. The molecule has 7 nitrogen and oxygen atoms in total. The van der Waals surface area contributed by atoms with E-state index in [4.69, 9.17) is 9.26 Å². The Kier molecular flexibility index (Phi) is 5.74. The molecule has 8 heteroatoms. The summed E-state index contributed by atoms with van der Waals surface area (Å²) in [5.74, 6) is -0.911. The number of hydrogen-bond donors (Lipinski definition) is 2. The first-order valence-corrected chi connectivity index (χ1v) is 7.71. The Morgan fingerprint density at radius 1 is 1.24 bits per heavy atom. The average Bonchev–Trinajstić information content (AvgIpc) is 2.99. The molecule has 2 rings (SSSR count). The van der Waals surface area contributed by atoms with Gasteiger partial charge in [0.2, 0.25) is 0 Å². The van der Waals surface area contributed by atoms with E-state index in [1.807, 2.05) is 0 Å². The van der Waals surface area contributed by atoms with Crippen LogP contribution in [0, 0.1) is 5.82 Å². The maximum Gasteiger partial charge on any atom is 0.407 e. The number of rotatable bonds is 5. The van der Waals surface area contributed by atoms with Gasteiger partial charge in [0.1, 0.15) is 17.7 Å². The highest BCUT2D eigenvalue weighted by atomic mass is 19.1. The standard InChI is InChI=1S/C17H20FN3O4/c1-17(2,3)25-16(23)20-8-7-19-15(22)14-13(10-24-21-14)11-5-4-6-12(18)9-11/h4-6,9-10H,7-8H2,1-3H3,(H,19,22)(H,20,23). The first-order valence-electron chi connectivity index (χ1n) is 7.71. The third kappa shape index (κ3) is 5.59. The maximum absolute atomic E-state index is 13.3. The maximum atomic E-state index is 13.3. The summed E-state index contributed by atoms with van der Waals surface area (Å²) in [5, 5.41) is 8.79. The quantitative estimate of drug-likeness (QED) is 0.810. The number of carbonyl (C=O) groups excluding carboxylic acids is 2. The van der Waals surface area contributed by atoms with Crippen LogP contribution in [0.1, 0.15) is 31.3 Å². The van der Waals surface area contributed by atoms with Crippen LogP contribution in [-0.4, -0.2) is 35.8 Å². The van der Waals surface area contributed by atoms with Crippen LogP contribution in [-0.2, 0) is 4.74 Å². The molecule has 0 saturated heterocycles. The minimum atomic E-state index is -0.589. The summed E-state index contributed by atoms with van der Waals surface area (Å²) >= 11 is 0. The lowest BCUT2D eigenvalue weighted by Crippen LogP contribution is -2.38. The number of carbonyl (C=O) groups is 2. The Balaban J connectivity index is 1.88. The van der Waals surface area contributed by atoms with Gasteiger partial charge in [-0.05, 0) is 38.5 Å². The number of benzene rings is 1. The topological polar surface area (TPSA) is 93.5 Å². The van der Waals surface area contributed by atoms with Crippen LogP contribution in [0.3, 0.4) is 0 Å². The van der Waals surface area contributed by atoms with E-state index in [0.29, 0.717) is 11.1 Å². The van der Waals surface area contributed by atoms with Crippen LogP contribution in [0.2, 0.25) is 0 Å². The SMILES string of the molecule is CC(C)(C)OC(=O)NCCNC(=O)c1nocc1-c1cccc(F)c1. The number of amides is 2. The third-order valence-electron chi connectivity index (χ3n) is 3.00. The lowest BCUT2D eigenvalue weighted by Gasteiger charge is -2.19. The lowest BCUT2D eigenvalue weighted by atomic mass is 10.1. The average molecular weight is 349 g/mol. The number of halogens is 1. The number of ether oxygens (including phenoxy) is 1. The van der Waals surface area contributed by atoms with Crippen LogP contribution in [0.25, 0.3) is 11.1 Å². The van der Waals surface area contributed by atoms with Gasteiger partial charge >= 0.3 is 6.09 Å². The minimum Gasteiger partial charge on any atom is -0.444 e. The zero-order valence-corrected chi connectivity index (χ0v) is 14.3. The fraction of sp³-hybridized carbons (Fsp3) is 0.353. The largest absolute Gasteiger partial charge is 0.444 e. The highest BCUT2D eigenvalue weighted by Gasteiger charge is 2.18. The summed E-state index contributed by atoms with van der Waals surface area (Å²) in [5.41, 5.74) is 0.326. The van der Waals surface area contributed by atoms with Gasteiger partial charge in [0.05, 0.1) is 5.56 Å². The van der Waals surface area contributed by atoms with E-state index in [9.17, 15) is 14.0 Å². The van der Waals surface area contributed by atoms with Crippen molar-refractivity contribution in [3.8, 4) is 11.1 Å². The van der Waals surface area contributed by atoms with Crippen molar-refractivity contribution in [1.82, 2.24) is 15.8 Å². The van der Waals surface area contributed by atoms with Crippen molar-refractivity contribution in [2.75, 3.05) is 13.1 Å². The molecule has 134 valence electrons. The van der Waals surface area contributed by atoms with Gasteiger partial charge in [0, 0.05) is 13.1 Å². The zero-order valence-electron chi connectivity index (χ0n) is 14.3. The third-order valence-corrected chi connectivity index (χ3v) is 3.00. The van der Waals surface area contributed by atoms with Gasteiger partial charge < -0.3 is 19.9 Å². The zero-order chi connectivity index (χ0) is 18.4. The molecule has 2 amide bonds. The van der Waals surface area contributed by atoms with Crippen molar-refractivity contribution in [3.05, 3.63) is 42.0 Å². The summed E-state index contributed by atoms with van der Waals surface area (Å²) in [6.07, 6.45) is 0.714. The summed E-state index contributed by atoms with van der Waals surface area (Å²) < 4.78 is 23.2. The lowest BCUT2D eigenvalue weighted by molar-refractivity contribution is 0.0526. The summed E-state index contributed by atoms with van der Waals surface area (Å²) in [6, 6.07) is 5.77. The fourth-order valence-electron chi connectivity index (χ4n) is 2.00. The summed E-state index contributed by atoms with van der Waals surface area (Å²) in [4.78, 5) is 23.7. The van der Waals surface area contributed by atoms with E-state index in [-0.39, 0.29) is 18.8 Å². The Bertz CT molecular complexity index is 752. The molecule has 1 aromatic carbocycles. The van der Waals surface area contributed by atoms with Gasteiger partial charge in [0.25, 0.3) is 5.91 Å². The molecule has 0 radical (unpaired) electrons. The molecule has 0 unspecified atom stereocenters. The molecule has 2 aromatic rings. The molecule has 1 aromatic heterocycles. The van der Waals surface area contributed by atoms with Gasteiger partial charge in [-0.25, -0.2) is 9.18 Å². The van der Waals surface area contributed by atoms with Crippen molar-refractivity contribution < 1.29 is 23.2 Å². The molecule has 0 aliphatic rings. The Morgan fingerprint density at radius 2 is 1.96 bits per heavy atom. The van der Waals surface area contributed by atoms with E-state index in [1.54, 1.807) is 26.8 Å². The van der Waals surface area contributed by atoms with Crippen molar-refractivity contribution in [2.45, 2.75) is 26.4 Å². The molecule has 0 aliphatic heterocycles. The molecule has 0 saturated carbocycles. The van der Waals surface area contributed by atoms with E-state index in [1.165, 1.54) is 24.5 Å². The Hall–Kier alpha value is -2.90. The van der Waals surface area contributed by atoms with Crippen molar-refractivity contribution in [2.24, 2.45) is 0 Å². The van der Waals surface area contributed by atoms with Gasteiger partial charge in [0.15, 0.2) is 5.69 Å². The molecular weight excluding hydrogens is 329 g/mol. The van der Waals surface area contributed by atoms with Gasteiger partial charge in [-0.2, -0.15) is 0 Å². The number of nitrogens with one attached hydrogen (secondary N) is 2. The predicted octanol–water partition coefficient (Wildman–Crippen LogP) is 2.74. The molecule has 0 spiro atoms. The number of alkyl carbamates (subject to hydrolysis) is 1. The van der Waals surface area contributed by atoms with E-state index < -0.39 is 23.4 Å². The molecule has 0 atom stereocenters. The molecule has 0 aliphatic carbocycles. The van der Waals surface area contributed by atoms with E-state index in [2.05, 4.69) is 15.8 Å². The smallest absolute Gasteiger partial charge is 0.407 e. The van der Waals surface area contributed by atoms with Gasteiger partial charge in [-0.1, -0.05) is 17.3 Å². The Labute approximate surface area is 144 Å². The molecule has 1 heterocycles. The monoisotopic (exact) mass is 349 g/mol. The summed E-state index contributed by atoms with van der Waals surface area (Å²) in [6.45, 7) is 5.63. The predicted molar refractivity (Wildman–Crippen MR) is 88.5 cm³/mol. The second kappa shape index (κ2) is 7.78. The van der Waals surface area contributed by atoms with Crippen LogP contribution in [0.5, 0.6) is 0 Å². The normalized spacial score (nSPS) is 11.0. The van der Waals surface area contributed by atoms with Crippen LogP contribution in [0.4, 0.5) is 9.18 Å². The van der Waals surface area contributed by atoms with E-state index in [0.717, 1.165) is 0 Å². The van der Waals surface area contributed by atoms with Crippen molar-refractivity contribution >= 4 is 12.0 Å². The number of aromatic nitrogens is 1. The molecule has 25 heavy (non-hydrogen) atoms. The number of hydrogen-bond acceptors (Lipinski definition) is 5. The minimum absolute atomic E-state index is 0.0443.